The van der Waals surface area contributed by atoms with Crippen molar-refractivity contribution in [3.8, 4) is 5.69 Å². The van der Waals surface area contributed by atoms with E-state index < -0.39 is 0 Å². The molecule has 1 amide bonds. The molecule has 27 heavy (non-hydrogen) atoms. The molecule has 5 nitrogen and oxygen atoms in total. The molecule has 0 N–H and O–H groups in total. The predicted octanol–water partition coefficient (Wildman–Crippen LogP) is 3.97. The number of anilines is 1. The summed E-state index contributed by atoms with van der Waals surface area (Å²) in [5.74, 6) is 0. The number of para-hydroxylation sites is 1. The number of nitrogens with zero attached hydrogens (tertiary/aromatic N) is 4. The van der Waals surface area contributed by atoms with Crippen LogP contribution in [0.1, 0.15) is 29.7 Å². The van der Waals surface area contributed by atoms with Gasteiger partial charge >= 0.3 is 0 Å². The highest BCUT2D eigenvalue weighted by atomic mass is 16.1. The molecule has 0 aliphatic rings. The maximum Gasteiger partial charge on any atom is 0.214 e. The van der Waals surface area contributed by atoms with E-state index in [1.165, 1.54) is 0 Å². The lowest BCUT2D eigenvalue weighted by Crippen LogP contribution is -2.27. The van der Waals surface area contributed by atoms with Crippen LogP contribution >= 0.6 is 0 Å². The fourth-order valence-corrected chi connectivity index (χ4v) is 3.32. The molecule has 0 bridgehead atoms. The summed E-state index contributed by atoms with van der Waals surface area (Å²) in [6.45, 7) is 4.91. The number of carbonyl (C=O) groups excluding carboxylic acids is 1. The molecular formula is C22H26N4O. The minimum absolute atomic E-state index is 0.0892. The molecule has 2 aromatic carbocycles. The minimum atomic E-state index is -0.0892. The molecule has 1 heterocycles. The Labute approximate surface area is 160 Å². The molecule has 3 rings (SSSR count). The number of amides is 1. The van der Waals surface area contributed by atoms with Crippen molar-refractivity contribution < 1.29 is 4.79 Å². The molecule has 5 heteroatoms. The van der Waals surface area contributed by atoms with Crippen molar-refractivity contribution >= 4 is 12.1 Å². The standard InChI is InChI=1S/C22H26N4O/c1-17-9-10-19(13-22(17)25-12-11-23-15-25)18(2)26(16-27)21-8-6-5-7-20(21)14-24(3)4/h5-13,15-16,18H,14H2,1-4H3/t18-/m0/s1. The summed E-state index contributed by atoms with van der Waals surface area (Å²) in [5, 5.41) is 0. The highest BCUT2D eigenvalue weighted by Gasteiger charge is 2.19. The third-order valence-electron chi connectivity index (χ3n) is 4.79. The zero-order valence-corrected chi connectivity index (χ0v) is 16.3. The number of imidazole rings is 1. The third kappa shape index (κ3) is 4.09. The van der Waals surface area contributed by atoms with Crippen molar-refractivity contribution in [1.82, 2.24) is 14.5 Å². The van der Waals surface area contributed by atoms with Crippen LogP contribution in [0, 0.1) is 6.92 Å². The van der Waals surface area contributed by atoms with Crippen LogP contribution in [0.2, 0.25) is 0 Å². The van der Waals surface area contributed by atoms with Gasteiger partial charge in [0, 0.05) is 30.3 Å². The SMILES string of the molecule is Cc1ccc([C@H](C)N(C=O)c2ccccc2CN(C)C)cc1-n1ccnc1. The van der Waals surface area contributed by atoms with Crippen LogP contribution in [-0.2, 0) is 11.3 Å². The van der Waals surface area contributed by atoms with Gasteiger partial charge in [-0.15, -0.1) is 0 Å². The Balaban J connectivity index is 1.98. The highest BCUT2D eigenvalue weighted by molar-refractivity contribution is 5.78. The van der Waals surface area contributed by atoms with Gasteiger partial charge in [-0.3, -0.25) is 4.79 Å². The van der Waals surface area contributed by atoms with Crippen LogP contribution in [0.15, 0.2) is 61.2 Å². The normalized spacial score (nSPS) is 12.2. The van der Waals surface area contributed by atoms with Crippen molar-refractivity contribution in [3.63, 3.8) is 0 Å². The predicted molar refractivity (Wildman–Crippen MR) is 109 cm³/mol. The molecule has 0 aliphatic carbocycles. The maximum absolute atomic E-state index is 12.0. The number of benzene rings is 2. The smallest absolute Gasteiger partial charge is 0.214 e. The van der Waals surface area contributed by atoms with Gasteiger partial charge in [0.05, 0.1) is 12.4 Å². The van der Waals surface area contributed by atoms with Crippen LogP contribution < -0.4 is 4.90 Å². The number of aromatic nitrogens is 2. The van der Waals surface area contributed by atoms with Crippen LogP contribution in [-0.4, -0.2) is 35.0 Å². The van der Waals surface area contributed by atoms with Crippen molar-refractivity contribution in [3.05, 3.63) is 77.9 Å². The largest absolute Gasteiger partial charge is 0.307 e. The zero-order chi connectivity index (χ0) is 19.4. The van der Waals surface area contributed by atoms with Crippen LogP contribution in [0.5, 0.6) is 0 Å². The summed E-state index contributed by atoms with van der Waals surface area (Å²) < 4.78 is 2.00. The topological polar surface area (TPSA) is 41.4 Å². The first-order chi connectivity index (χ1) is 13.0. The van der Waals surface area contributed by atoms with Crippen LogP contribution in [0.25, 0.3) is 5.69 Å². The molecule has 0 radical (unpaired) electrons. The monoisotopic (exact) mass is 362 g/mol. The Morgan fingerprint density at radius 1 is 1.19 bits per heavy atom. The minimum Gasteiger partial charge on any atom is -0.307 e. The van der Waals surface area contributed by atoms with Gasteiger partial charge in [0.2, 0.25) is 6.41 Å². The molecule has 3 aromatic rings. The lowest BCUT2D eigenvalue weighted by atomic mass is 10.0. The Hall–Kier alpha value is -2.92. The number of hydrogen-bond acceptors (Lipinski definition) is 3. The molecule has 0 saturated heterocycles. The van der Waals surface area contributed by atoms with Crippen molar-refractivity contribution in [2.75, 3.05) is 19.0 Å². The summed E-state index contributed by atoms with van der Waals surface area (Å²) in [4.78, 5) is 20.1. The van der Waals surface area contributed by atoms with E-state index in [9.17, 15) is 4.79 Å². The first-order valence-electron chi connectivity index (χ1n) is 9.06. The molecule has 1 atom stereocenters. The molecule has 0 unspecified atom stereocenters. The van der Waals surface area contributed by atoms with Gasteiger partial charge in [0.25, 0.3) is 0 Å². The van der Waals surface area contributed by atoms with Crippen LogP contribution in [0.4, 0.5) is 5.69 Å². The van der Waals surface area contributed by atoms with Gasteiger partial charge < -0.3 is 14.4 Å². The van der Waals surface area contributed by atoms with E-state index in [0.717, 1.165) is 41.0 Å². The van der Waals surface area contributed by atoms with Crippen molar-refractivity contribution in [1.29, 1.82) is 0 Å². The van der Waals surface area contributed by atoms with E-state index in [1.807, 2.05) is 43.1 Å². The molecule has 0 spiro atoms. The highest BCUT2D eigenvalue weighted by Crippen LogP contribution is 2.30. The van der Waals surface area contributed by atoms with E-state index in [1.54, 1.807) is 17.4 Å². The van der Waals surface area contributed by atoms with E-state index in [4.69, 9.17) is 0 Å². The summed E-state index contributed by atoms with van der Waals surface area (Å²) in [5.41, 5.74) is 5.39. The Kier molecular flexibility index (Phi) is 5.72. The van der Waals surface area contributed by atoms with Gasteiger partial charge in [-0.05, 0) is 56.8 Å². The third-order valence-corrected chi connectivity index (χ3v) is 4.79. The second-order valence-electron chi connectivity index (χ2n) is 7.07. The Morgan fingerprint density at radius 3 is 2.63 bits per heavy atom. The van der Waals surface area contributed by atoms with E-state index in [2.05, 4.69) is 48.0 Å². The fraction of sp³-hybridized carbons (Fsp3) is 0.273. The van der Waals surface area contributed by atoms with Crippen LogP contribution in [0.3, 0.4) is 0 Å². The first kappa shape index (κ1) is 18.9. The van der Waals surface area contributed by atoms with Gasteiger partial charge in [-0.2, -0.15) is 0 Å². The molecular weight excluding hydrogens is 336 g/mol. The van der Waals surface area contributed by atoms with Gasteiger partial charge in [-0.25, -0.2) is 4.98 Å². The molecule has 1 aromatic heterocycles. The molecule has 0 fully saturated rings. The van der Waals surface area contributed by atoms with Gasteiger partial charge in [0.1, 0.15) is 0 Å². The molecule has 0 saturated carbocycles. The number of carbonyl (C=O) groups is 1. The molecule has 0 aliphatic heterocycles. The van der Waals surface area contributed by atoms with Gasteiger partial charge in [0.15, 0.2) is 0 Å². The van der Waals surface area contributed by atoms with E-state index in [0.29, 0.717) is 0 Å². The lowest BCUT2D eigenvalue weighted by molar-refractivity contribution is -0.107. The summed E-state index contributed by atoms with van der Waals surface area (Å²) >= 11 is 0. The lowest BCUT2D eigenvalue weighted by Gasteiger charge is -2.29. The first-order valence-corrected chi connectivity index (χ1v) is 9.06. The summed E-state index contributed by atoms with van der Waals surface area (Å²) in [6.07, 6.45) is 6.42. The fourth-order valence-electron chi connectivity index (χ4n) is 3.32. The zero-order valence-electron chi connectivity index (χ0n) is 16.3. The number of aryl methyl sites for hydroxylation is 1. The number of rotatable bonds is 7. The second kappa shape index (κ2) is 8.18. The quantitative estimate of drug-likeness (QED) is 0.597. The van der Waals surface area contributed by atoms with Crippen molar-refractivity contribution in [2.45, 2.75) is 26.4 Å². The van der Waals surface area contributed by atoms with E-state index >= 15 is 0 Å². The van der Waals surface area contributed by atoms with Gasteiger partial charge in [-0.1, -0.05) is 30.3 Å². The average molecular weight is 362 g/mol. The maximum atomic E-state index is 12.0. The van der Waals surface area contributed by atoms with Crippen molar-refractivity contribution in [2.24, 2.45) is 0 Å². The average Bonchev–Trinajstić information content (AvgIpc) is 3.18. The summed E-state index contributed by atoms with van der Waals surface area (Å²) in [7, 11) is 4.06. The second-order valence-corrected chi connectivity index (χ2v) is 7.07. The molecule has 140 valence electrons. The Morgan fingerprint density at radius 2 is 1.96 bits per heavy atom. The van der Waals surface area contributed by atoms with E-state index in [-0.39, 0.29) is 6.04 Å². The Bertz CT molecular complexity index is 902. The number of hydrogen-bond donors (Lipinski definition) is 0. The summed E-state index contributed by atoms with van der Waals surface area (Å²) in [6, 6.07) is 14.3.